The summed E-state index contributed by atoms with van der Waals surface area (Å²) in [4.78, 5) is 4.21. The Labute approximate surface area is 72.4 Å². The van der Waals surface area contributed by atoms with E-state index in [9.17, 15) is 0 Å². The van der Waals surface area contributed by atoms with Crippen molar-refractivity contribution in [3.8, 4) is 0 Å². The van der Waals surface area contributed by atoms with Crippen LogP contribution in [-0.2, 0) is 17.8 Å². The maximum Gasteiger partial charge on any atom is 0.150 e. The van der Waals surface area contributed by atoms with Crippen LogP contribution in [0.25, 0.3) is 0 Å². The molecule has 0 spiro atoms. The van der Waals surface area contributed by atoms with Gasteiger partial charge in [-0.2, -0.15) is 5.10 Å². The second-order valence-electron chi connectivity index (χ2n) is 2.60. The van der Waals surface area contributed by atoms with Crippen molar-refractivity contribution in [2.75, 3.05) is 6.61 Å². The number of aryl methyl sites for hydroxylation is 1. The standard InChI is InChI=1S/C8H15N3O/c1-3-5-12-6-8-9-7(4-2)10-11-8/h3-6H2,1-2H3,(H,9,10,11). The summed E-state index contributed by atoms with van der Waals surface area (Å²) in [6, 6.07) is 0. The van der Waals surface area contributed by atoms with E-state index >= 15 is 0 Å². The first-order valence-corrected chi connectivity index (χ1v) is 4.34. The van der Waals surface area contributed by atoms with Crippen molar-refractivity contribution in [1.29, 1.82) is 0 Å². The minimum atomic E-state index is 0.542. The normalized spacial score (nSPS) is 10.5. The second kappa shape index (κ2) is 4.87. The van der Waals surface area contributed by atoms with Crippen LogP contribution in [0.4, 0.5) is 0 Å². The minimum absolute atomic E-state index is 0.542. The molecule has 1 aromatic heterocycles. The molecule has 1 aromatic rings. The van der Waals surface area contributed by atoms with E-state index in [0.717, 1.165) is 31.1 Å². The van der Waals surface area contributed by atoms with Gasteiger partial charge in [0, 0.05) is 13.0 Å². The Morgan fingerprint density at radius 3 is 2.83 bits per heavy atom. The molecule has 0 amide bonds. The molecule has 0 saturated heterocycles. The predicted octanol–water partition coefficient (Wildman–Crippen LogP) is 1.29. The van der Waals surface area contributed by atoms with Gasteiger partial charge < -0.3 is 4.74 Å². The third-order valence-electron chi connectivity index (χ3n) is 1.48. The molecular formula is C8H15N3O. The fraction of sp³-hybridized carbons (Fsp3) is 0.750. The molecule has 0 aliphatic carbocycles. The van der Waals surface area contributed by atoms with E-state index in [0.29, 0.717) is 6.61 Å². The van der Waals surface area contributed by atoms with Crippen LogP contribution >= 0.6 is 0 Å². The van der Waals surface area contributed by atoms with Gasteiger partial charge in [0.25, 0.3) is 0 Å². The monoisotopic (exact) mass is 169 g/mol. The molecule has 0 aliphatic rings. The van der Waals surface area contributed by atoms with Crippen LogP contribution in [0.1, 0.15) is 31.9 Å². The molecule has 68 valence electrons. The molecule has 0 radical (unpaired) electrons. The zero-order valence-electron chi connectivity index (χ0n) is 7.63. The van der Waals surface area contributed by atoms with Crippen molar-refractivity contribution in [3.05, 3.63) is 11.6 Å². The summed E-state index contributed by atoms with van der Waals surface area (Å²) >= 11 is 0. The van der Waals surface area contributed by atoms with Gasteiger partial charge in [0.2, 0.25) is 0 Å². The number of nitrogens with zero attached hydrogens (tertiary/aromatic N) is 2. The van der Waals surface area contributed by atoms with Gasteiger partial charge in [-0.05, 0) is 6.42 Å². The summed E-state index contributed by atoms with van der Waals surface area (Å²) in [7, 11) is 0. The van der Waals surface area contributed by atoms with E-state index in [-0.39, 0.29) is 0 Å². The molecule has 1 heterocycles. The Morgan fingerprint density at radius 2 is 2.25 bits per heavy atom. The lowest BCUT2D eigenvalue weighted by Crippen LogP contribution is -1.95. The first-order chi connectivity index (χ1) is 5.86. The fourth-order valence-corrected chi connectivity index (χ4v) is 0.871. The molecule has 1 rings (SSSR count). The van der Waals surface area contributed by atoms with E-state index < -0.39 is 0 Å². The van der Waals surface area contributed by atoms with Gasteiger partial charge in [-0.1, -0.05) is 13.8 Å². The van der Waals surface area contributed by atoms with Crippen molar-refractivity contribution in [2.45, 2.75) is 33.3 Å². The van der Waals surface area contributed by atoms with Crippen molar-refractivity contribution < 1.29 is 4.74 Å². The van der Waals surface area contributed by atoms with Gasteiger partial charge in [-0.25, -0.2) is 4.98 Å². The number of ether oxygens (including phenoxy) is 1. The van der Waals surface area contributed by atoms with Crippen LogP contribution in [0.15, 0.2) is 0 Å². The summed E-state index contributed by atoms with van der Waals surface area (Å²) in [6.45, 7) is 5.43. The van der Waals surface area contributed by atoms with Gasteiger partial charge >= 0.3 is 0 Å². The van der Waals surface area contributed by atoms with Crippen molar-refractivity contribution in [2.24, 2.45) is 0 Å². The minimum Gasteiger partial charge on any atom is -0.373 e. The number of H-pyrrole nitrogens is 1. The zero-order chi connectivity index (χ0) is 8.81. The highest BCUT2D eigenvalue weighted by atomic mass is 16.5. The van der Waals surface area contributed by atoms with Gasteiger partial charge in [0.05, 0.1) is 0 Å². The third kappa shape index (κ3) is 2.62. The Hall–Kier alpha value is -0.900. The first kappa shape index (κ1) is 9.19. The summed E-state index contributed by atoms with van der Waals surface area (Å²) in [5, 5.41) is 6.83. The molecular weight excluding hydrogens is 154 g/mol. The van der Waals surface area contributed by atoms with Gasteiger partial charge in [-0.3, -0.25) is 5.10 Å². The van der Waals surface area contributed by atoms with Crippen LogP contribution in [0.5, 0.6) is 0 Å². The Bertz CT molecular complexity index is 222. The molecule has 0 atom stereocenters. The predicted molar refractivity (Wildman–Crippen MR) is 45.7 cm³/mol. The second-order valence-corrected chi connectivity index (χ2v) is 2.60. The van der Waals surface area contributed by atoms with Gasteiger partial charge in [-0.15, -0.1) is 0 Å². The Kier molecular flexibility index (Phi) is 3.73. The lowest BCUT2D eigenvalue weighted by Gasteiger charge is -1.96. The summed E-state index contributed by atoms with van der Waals surface area (Å²) < 4.78 is 5.29. The average Bonchev–Trinajstić information content (AvgIpc) is 2.53. The van der Waals surface area contributed by atoms with Crippen LogP contribution < -0.4 is 0 Å². The summed E-state index contributed by atoms with van der Waals surface area (Å²) in [5.41, 5.74) is 0. The van der Waals surface area contributed by atoms with Crippen molar-refractivity contribution in [3.63, 3.8) is 0 Å². The molecule has 4 heteroatoms. The van der Waals surface area contributed by atoms with Crippen molar-refractivity contribution >= 4 is 0 Å². The van der Waals surface area contributed by atoms with Crippen LogP contribution in [0, 0.1) is 0 Å². The zero-order valence-corrected chi connectivity index (χ0v) is 7.63. The number of hydrogen-bond acceptors (Lipinski definition) is 3. The summed E-state index contributed by atoms with van der Waals surface area (Å²) in [6.07, 6.45) is 1.90. The maximum absolute atomic E-state index is 5.29. The van der Waals surface area contributed by atoms with Crippen LogP contribution in [0.3, 0.4) is 0 Å². The third-order valence-corrected chi connectivity index (χ3v) is 1.48. The fourth-order valence-electron chi connectivity index (χ4n) is 0.871. The maximum atomic E-state index is 5.29. The number of aromatic amines is 1. The number of nitrogens with one attached hydrogen (secondary N) is 1. The molecule has 1 N–H and O–H groups in total. The molecule has 0 aliphatic heterocycles. The highest BCUT2D eigenvalue weighted by molar-refractivity contribution is 4.87. The average molecular weight is 169 g/mol. The van der Waals surface area contributed by atoms with E-state index in [1.807, 2.05) is 6.92 Å². The molecule has 0 unspecified atom stereocenters. The quantitative estimate of drug-likeness (QED) is 0.676. The van der Waals surface area contributed by atoms with Gasteiger partial charge in [0.15, 0.2) is 11.6 Å². The number of rotatable bonds is 5. The SMILES string of the molecule is CCCOCc1nc(CC)n[nH]1. The van der Waals surface area contributed by atoms with Crippen LogP contribution in [-0.4, -0.2) is 21.8 Å². The Balaban J connectivity index is 2.31. The lowest BCUT2D eigenvalue weighted by molar-refractivity contribution is 0.116. The molecule has 0 aromatic carbocycles. The molecule has 12 heavy (non-hydrogen) atoms. The first-order valence-electron chi connectivity index (χ1n) is 4.34. The van der Waals surface area contributed by atoms with E-state index in [1.54, 1.807) is 0 Å². The highest BCUT2D eigenvalue weighted by Crippen LogP contribution is 1.95. The molecule has 0 fully saturated rings. The smallest absolute Gasteiger partial charge is 0.150 e. The molecule has 0 saturated carbocycles. The largest absolute Gasteiger partial charge is 0.373 e. The van der Waals surface area contributed by atoms with Crippen molar-refractivity contribution in [1.82, 2.24) is 15.2 Å². The highest BCUT2D eigenvalue weighted by Gasteiger charge is 1.99. The van der Waals surface area contributed by atoms with E-state index in [2.05, 4.69) is 22.1 Å². The van der Waals surface area contributed by atoms with Crippen LogP contribution in [0.2, 0.25) is 0 Å². The Morgan fingerprint density at radius 1 is 1.42 bits per heavy atom. The molecule has 0 bridgehead atoms. The number of hydrogen-bond donors (Lipinski definition) is 1. The van der Waals surface area contributed by atoms with Gasteiger partial charge in [0.1, 0.15) is 6.61 Å². The number of aromatic nitrogens is 3. The lowest BCUT2D eigenvalue weighted by atomic mass is 10.5. The molecule has 4 nitrogen and oxygen atoms in total. The summed E-state index contributed by atoms with van der Waals surface area (Å²) in [5.74, 6) is 1.67. The topological polar surface area (TPSA) is 50.8 Å². The van der Waals surface area contributed by atoms with E-state index in [4.69, 9.17) is 4.74 Å². The van der Waals surface area contributed by atoms with E-state index in [1.165, 1.54) is 0 Å².